The monoisotopic (exact) mass is 426 g/mol. The van der Waals surface area contributed by atoms with Crippen molar-refractivity contribution in [2.24, 2.45) is 5.92 Å². The van der Waals surface area contributed by atoms with Gasteiger partial charge in [0.1, 0.15) is 0 Å². The number of anilines is 1. The van der Waals surface area contributed by atoms with E-state index in [1.54, 1.807) is 6.07 Å². The summed E-state index contributed by atoms with van der Waals surface area (Å²) in [5, 5.41) is 5.64. The van der Waals surface area contributed by atoms with Crippen molar-refractivity contribution in [2.45, 2.75) is 89.1 Å². The molecule has 0 N–H and O–H groups in total. The predicted molar refractivity (Wildman–Crippen MR) is 119 cm³/mol. The number of rotatable bonds is 2. The third-order valence-corrected chi connectivity index (χ3v) is 7.76. The van der Waals surface area contributed by atoms with E-state index in [4.69, 9.17) is 21.7 Å². The van der Waals surface area contributed by atoms with Crippen molar-refractivity contribution < 1.29 is 4.79 Å². The van der Waals surface area contributed by atoms with Crippen molar-refractivity contribution >= 4 is 23.5 Å². The number of nitrogens with zero attached hydrogens (tertiary/aromatic N) is 4. The molecule has 1 aromatic carbocycles. The van der Waals surface area contributed by atoms with Crippen LogP contribution in [0.5, 0.6) is 0 Å². The normalized spacial score (nSPS) is 25.3. The number of carbonyl (C=O) groups excluding carboxylic acids is 1. The van der Waals surface area contributed by atoms with Crippen LogP contribution in [0, 0.1) is 5.92 Å². The number of benzene rings is 1. The zero-order valence-electron chi connectivity index (χ0n) is 18.0. The van der Waals surface area contributed by atoms with E-state index in [0.717, 1.165) is 31.0 Å². The number of hydrogen-bond donors (Lipinski definition) is 0. The van der Waals surface area contributed by atoms with Crippen LogP contribution in [-0.2, 0) is 5.54 Å². The summed E-state index contributed by atoms with van der Waals surface area (Å²) in [5.41, 5.74) is 0.649. The summed E-state index contributed by atoms with van der Waals surface area (Å²) in [6, 6.07) is 7.50. The van der Waals surface area contributed by atoms with Gasteiger partial charge in [-0.05, 0) is 43.9 Å². The molecule has 1 spiro atoms. The molecule has 2 aromatic rings. The number of aromatic nitrogens is 3. The average Bonchev–Trinajstić information content (AvgIpc) is 3.21. The summed E-state index contributed by atoms with van der Waals surface area (Å²) in [4.78, 5) is 20.8. The Morgan fingerprint density at radius 3 is 2.63 bits per heavy atom. The first-order valence-electron chi connectivity index (χ1n) is 11.6. The van der Waals surface area contributed by atoms with Crippen molar-refractivity contribution in [3.05, 3.63) is 40.7 Å². The molecule has 2 saturated carbocycles. The maximum atomic E-state index is 13.8. The van der Waals surface area contributed by atoms with E-state index in [9.17, 15) is 4.79 Å². The topological polar surface area (TPSA) is 51.0 Å². The van der Waals surface area contributed by atoms with Crippen LogP contribution in [0.25, 0.3) is 0 Å². The lowest BCUT2D eigenvalue weighted by Gasteiger charge is -2.55. The SMILES string of the molecule is CC(C)c1nc2n(n1)C1(CCCCC1)[C@@H]1CCCC[C@@H]1N2C(=O)c1cccc(Cl)c1. The molecule has 2 atom stereocenters. The van der Waals surface area contributed by atoms with Gasteiger partial charge in [-0.15, -0.1) is 0 Å². The van der Waals surface area contributed by atoms with Gasteiger partial charge >= 0.3 is 0 Å². The average molecular weight is 427 g/mol. The number of fused-ring (bicyclic) bond motifs is 4. The fraction of sp³-hybridized carbons (Fsp3) is 0.625. The zero-order valence-corrected chi connectivity index (χ0v) is 18.7. The highest BCUT2D eigenvalue weighted by atomic mass is 35.5. The first-order chi connectivity index (χ1) is 14.5. The van der Waals surface area contributed by atoms with Gasteiger partial charge in [-0.25, -0.2) is 4.68 Å². The lowest BCUT2D eigenvalue weighted by molar-refractivity contribution is 0.0310. The van der Waals surface area contributed by atoms with E-state index in [1.165, 1.54) is 38.5 Å². The minimum atomic E-state index is 0.00372. The van der Waals surface area contributed by atoms with Crippen LogP contribution in [-0.4, -0.2) is 26.7 Å². The maximum Gasteiger partial charge on any atom is 0.260 e. The largest absolute Gasteiger partial charge is 0.273 e. The Morgan fingerprint density at radius 1 is 1.13 bits per heavy atom. The standard InChI is InChI=1S/C24H31ClN4O/c1-16(2)21-26-23-28(22(30)17-9-8-10-18(25)15-17)20-12-5-4-11-19(20)24(29(23)27-21)13-6-3-7-14-24/h8-10,15-16,19-20H,3-7,11-14H2,1-2H3/t19-,20+/m1/s1. The molecule has 30 heavy (non-hydrogen) atoms. The van der Waals surface area contributed by atoms with E-state index in [2.05, 4.69) is 18.5 Å². The highest BCUT2D eigenvalue weighted by molar-refractivity contribution is 6.31. The second-order valence-electron chi connectivity index (χ2n) is 9.64. The third-order valence-electron chi connectivity index (χ3n) is 7.52. The van der Waals surface area contributed by atoms with Gasteiger partial charge < -0.3 is 0 Å². The molecule has 1 aliphatic heterocycles. The van der Waals surface area contributed by atoms with Gasteiger partial charge in [0.2, 0.25) is 5.95 Å². The molecule has 3 aliphatic rings. The molecule has 0 bridgehead atoms. The van der Waals surface area contributed by atoms with Crippen LogP contribution >= 0.6 is 11.6 Å². The van der Waals surface area contributed by atoms with Gasteiger partial charge in [-0.2, -0.15) is 10.1 Å². The van der Waals surface area contributed by atoms with E-state index >= 15 is 0 Å². The molecule has 0 saturated heterocycles. The number of hydrogen-bond acceptors (Lipinski definition) is 3. The maximum absolute atomic E-state index is 13.8. The molecule has 1 aromatic heterocycles. The van der Waals surface area contributed by atoms with Crippen LogP contribution in [0.3, 0.4) is 0 Å². The number of halogens is 1. The molecule has 5 nitrogen and oxygen atoms in total. The van der Waals surface area contributed by atoms with Crippen LogP contribution in [0.15, 0.2) is 24.3 Å². The predicted octanol–water partition coefficient (Wildman–Crippen LogP) is 5.93. The smallest absolute Gasteiger partial charge is 0.260 e. The van der Waals surface area contributed by atoms with E-state index < -0.39 is 0 Å². The Bertz CT molecular complexity index is 946. The molecular weight excluding hydrogens is 396 g/mol. The second kappa shape index (κ2) is 7.67. The van der Waals surface area contributed by atoms with Crippen LogP contribution in [0.4, 0.5) is 5.95 Å². The van der Waals surface area contributed by atoms with Gasteiger partial charge in [0.25, 0.3) is 5.91 Å². The summed E-state index contributed by atoms with van der Waals surface area (Å²) in [7, 11) is 0. The molecule has 1 amide bonds. The number of carbonyl (C=O) groups is 1. The van der Waals surface area contributed by atoms with Gasteiger partial charge in [0, 0.05) is 28.5 Å². The van der Waals surface area contributed by atoms with Gasteiger partial charge in [0.15, 0.2) is 5.82 Å². The quantitative estimate of drug-likeness (QED) is 0.597. The lowest BCUT2D eigenvalue weighted by Crippen LogP contribution is -2.61. The third kappa shape index (κ3) is 3.08. The minimum absolute atomic E-state index is 0.00372. The summed E-state index contributed by atoms with van der Waals surface area (Å²) in [6.07, 6.45) is 10.7. The van der Waals surface area contributed by atoms with Crippen molar-refractivity contribution in [2.75, 3.05) is 4.90 Å². The van der Waals surface area contributed by atoms with Gasteiger partial charge in [-0.1, -0.05) is 63.6 Å². The summed E-state index contributed by atoms with van der Waals surface area (Å²) < 4.78 is 2.19. The van der Waals surface area contributed by atoms with E-state index in [-0.39, 0.29) is 23.4 Å². The summed E-state index contributed by atoms with van der Waals surface area (Å²) in [5.74, 6) is 2.29. The van der Waals surface area contributed by atoms with Crippen molar-refractivity contribution in [3.8, 4) is 0 Å². The molecule has 2 heterocycles. The molecule has 0 radical (unpaired) electrons. The van der Waals surface area contributed by atoms with E-state index in [0.29, 0.717) is 16.5 Å². The van der Waals surface area contributed by atoms with Crippen LogP contribution in [0.2, 0.25) is 5.02 Å². The van der Waals surface area contributed by atoms with Crippen LogP contribution < -0.4 is 4.90 Å². The first-order valence-corrected chi connectivity index (χ1v) is 12.0. The van der Waals surface area contributed by atoms with Crippen molar-refractivity contribution in [3.63, 3.8) is 0 Å². The Balaban J connectivity index is 1.68. The Kier molecular flexibility index (Phi) is 5.12. The van der Waals surface area contributed by atoms with Crippen LogP contribution in [0.1, 0.15) is 93.7 Å². The Labute approximate surface area is 183 Å². The molecule has 160 valence electrons. The van der Waals surface area contributed by atoms with Crippen molar-refractivity contribution in [1.82, 2.24) is 14.8 Å². The zero-order chi connectivity index (χ0) is 20.9. The summed E-state index contributed by atoms with van der Waals surface area (Å²) in [6.45, 7) is 4.26. The molecule has 2 aliphatic carbocycles. The van der Waals surface area contributed by atoms with Gasteiger partial charge in [0.05, 0.1) is 5.54 Å². The minimum Gasteiger partial charge on any atom is -0.273 e. The molecule has 6 heteroatoms. The first kappa shape index (κ1) is 20.0. The second-order valence-corrected chi connectivity index (χ2v) is 10.1. The summed E-state index contributed by atoms with van der Waals surface area (Å²) >= 11 is 6.22. The molecule has 2 fully saturated rings. The van der Waals surface area contributed by atoms with Crippen molar-refractivity contribution in [1.29, 1.82) is 0 Å². The van der Waals surface area contributed by atoms with Gasteiger partial charge in [-0.3, -0.25) is 9.69 Å². The molecular formula is C24H31ClN4O. The fourth-order valence-corrected chi connectivity index (χ4v) is 6.31. The number of amides is 1. The van der Waals surface area contributed by atoms with E-state index in [1.807, 2.05) is 23.1 Å². The Hall–Kier alpha value is -1.88. The lowest BCUT2D eigenvalue weighted by atomic mass is 9.64. The highest BCUT2D eigenvalue weighted by Crippen LogP contribution is 2.53. The molecule has 0 unspecified atom stereocenters. The Morgan fingerprint density at radius 2 is 1.90 bits per heavy atom. The highest BCUT2D eigenvalue weighted by Gasteiger charge is 2.55. The fourth-order valence-electron chi connectivity index (χ4n) is 6.12. The molecule has 5 rings (SSSR count).